The SMILES string of the molecule is CCC(C)NC/C=C\c1c(C(=O)O)nc(-c2ccccc2)c2ccccc12. The molecule has 0 saturated heterocycles. The van der Waals surface area contributed by atoms with Crippen molar-refractivity contribution >= 4 is 22.8 Å². The normalized spacial score (nSPS) is 12.5. The van der Waals surface area contributed by atoms with Crippen molar-refractivity contribution in [3.63, 3.8) is 0 Å². The number of carboxylic acid groups (broad SMARTS) is 1. The third kappa shape index (κ3) is 4.23. The molecule has 0 bridgehead atoms. The van der Waals surface area contributed by atoms with Crippen molar-refractivity contribution in [3.8, 4) is 11.3 Å². The lowest BCUT2D eigenvalue weighted by Crippen LogP contribution is -2.24. The third-order valence-electron chi connectivity index (χ3n) is 4.68. The van der Waals surface area contributed by atoms with Gasteiger partial charge < -0.3 is 10.4 Å². The minimum absolute atomic E-state index is 0.0762. The Morgan fingerprint density at radius 2 is 1.78 bits per heavy atom. The molecule has 0 aliphatic carbocycles. The van der Waals surface area contributed by atoms with Gasteiger partial charge in [0.05, 0.1) is 5.69 Å². The van der Waals surface area contributed by atoms with E-state index in [1.165, 1.54) is 0 Å². The van der Waals surface area contributed by atoms with E-state index >= 15 is 0 Å². The molecular formula is C23H24N2O2. The summed E-state index contributed by atoms with van der Waals surface area (Å²) in [5.74, 6) is -1.02. The van der Waals surface area contributed by atoms with E-state index in [0.29, 0.717) is 23.8 Å². The maximum Gasteiger partial charge on any atom is 0.355 e. The van der Waals surface area contributed by atoms with Gasteiger partial charge in [0.25, 0.3) is 0 Å². The molecule has 3 aromatic rings. The number of hydrogen-bond donors (Lipinski definition) is 2. The van der Waals surface area contributed by atoms with E-state index in [4.69, 9.17) is 0 Å². The predicted molar refractivity (Wildman–Crippen MR) is 111 cm³/mol. The first-order valence-corrected chi connectivity index (χ1v) is 9.23. The first kappa shape index (κ1) is 18.8. The van der Waals surface area contributed by atoms with Crippen LogP contribution >= 0.6 is 0 Å². The highest BCUT2D eigenvalue weighted by Gasteiger charge is 2.17. The fraction of sp³-hybridized carbons (Fsp3) is 0.217. The summed E-state index contributed by atoms with van der Waals surface area (Å²) in [6.45, 7) is 4.94. The van der Waals surface area contributed by atoms with Crippen LogP contribution in [0.2, 0.25) is 0 Å². The van der Waals surface area contributed by atoms with E-state index in [9.17, 15) is 9.90 Å². The number of carboxylic acids is 1. The zero-order valence-corrected chi connectivity index (χ0v) is 15.6. The number of hydrogen-bond acceptors (Lipinski definition) is 3. The molecule has 4 nitrogen and oxygen atoms in total. The Balaban J connectivity index is 2.12. The largest absolute Gasteiger partial charge is 0.476 e. The van der Waals surface area contributed by atoms with Gasteiger partial charge in [-0.05, 0) is 18.7 Å². The standard InChI is InChI=1S/C23H24N2O2/c1-3-16(2)24-15-9-14-20-18-12-7-8-13-19(18)21(25-22(20)23(26)27)17-10-5-4-6-11-17/h4-14,16,24H,3,15H2,1-2H3,(H,26,27)/b14-9-. The molecule has 1 heterocycles. The lowest BCUT2D eigenvalue weighted by atomic mass is 9.98. The molecule has 4 heteroatoms. The van der Waals surface area contributed by atoms with Crippen LogP contribution in [0.5, 0.6) is 0 Å². The second-order valence-electron chi connectivity index (χ2n) is 6.56. The topological polar surface area (TPSA) is 62.2 Å². The highest BCUT2D eigenvalue weighted by atomic mass is 16.4. The average molecular weight is 360 g/mol. The molecule has 2 N–H and O–H groups in total. The number of aromatic carboxylic acids is 1. The maximum atomic E-state index is 11.9. The number of rotatable bonds is 7. The van der Waals surface area contributed by atoms with Gasteiger partial charge in [-0.15, -0.1) is 0 Å². The Kier molecular flexibility index (Phi) is 5.99. The number of benzene rings is 2. The zero-order chi connectivity index (χ0) is 19.2. The molecule has 1 aromatic heterocycles. The van der Waals surface area contributed by atoms with Crippen molar-refractivity contribution < 1.29 is 9.90 Å². The lowest BCUT2D eigenvalue weighted by Gasteiger charge is -2.12. The van der Waals surface area contributed by atoms with Gasteiger partial charge in [-0.2, -0.15) is 0 Å². The Morgan fingerprint density at radius 3 is 2.44 bits per heavy atom. The molecule has 0 fully saturated rings. The number of carbonyl (C=O) groups is 1. The fourth-order valence-electron chi connectivity index (χ4n) is 3.02. The highest BCUT2D eigenvalue weighted by Crippen LogP contribution is 2.31. The van der Waals surface area contributed by atoms with E-state index in [1.54, 1.807) is 0 Å². The quantitative estimate of drug-likeness (QED) is 0.622. The van der Waals surface area contributed by atoms with Crippen LogP contribution in [0.3, 0.4) is 0 Å². The molecule has 1 unspecified atom stereocenters. The van der Waals surface area contributed by atoms with Gasteiger partial charge in [-0.25, -0.2) is 9.78 Å². The monoisotopic (exact) mass is 360 g/mol. The fourth-order valence-corrected chi connectivity index (χ4v) is 3.02. The van der Waals surface area contributed by atoms with Crippen molar-refractivity contribution in [2.75, 3.05) is 6.54 Å². The average Bonchev–Trinajstić information content (AvgIpc) is 2.71. The molecule has 1 atom stereocenters. The molecule has 0 aliphatic rings. The minimum Gasteiger partial charge on any atom is -0.476 e. The zero-order valence-electron chi connectivity index (χ0n) is 15.6. The Morgan fingerprint density at radius 1 is 1.11 bits per heavy atom. The van der Waals surface area contributed by atoms with Crippen LogP contribution in [-0.2, 0) is 0 Å². The number of pyridine rings is 1. The van der Waals surface area contributed by atoms with Gasteiger partial charge in [0.15, 0.2) is 5.69 Å². The summed E-state index contributed by atoms with van der Waals surface area (Å²) in [6.07, 6.45) is 4.87. The molecular weight excluding hydrogens is 336 g/mol. The van der Waals surface area contributed by atoms with Gasteiger partial charge >= 0.3 is 5.97 Å². The predicted octanol–water partition coefficient (Wildman–Crippen LogP) is 5.00. The summed E-state index contributed by atoms with van der Waals surface area (Å²) in [4.78, 5) is 16.5. The van der Waals surface area contributed by atoms with E-state index in [2.05, 4.69) is 24.1 Å². The second-order valence-corrected chi connectivity index (χ2v) is 6.56. The van der Waals surface area contributed by atoms with Crippen LogP contribution in [0.25, 0.3) is 28.1 Å². The van der Waals surface area contributed by atoms with Crippen molar-refractivity contribution in [1.82, 2.24) is 10.3 Å². The Labute approximate surface area is 159 Å². The summed E-state index contributed by atoms with van der Waals surface area (Å²) in [7, 11) is 0. The third-order valence-corrected chi connectivity index (χ3v) is 4.68. The first-order valence-electron chi connectivity index (χ1n) is 9.23. The van der Waals surface area contributed by atoms with Crippen LogP contribution in [0.15, 0.2) is 60.7 Å². The lowest BCUT2D eigenvalue weighted by molar-refractivity contribution is 0.0690. The van der Waals surface area contributed by atoms with Crippen molar-refractivity contribution in [1.29, 1.82) is 0 Å². The van der Waals surface area contributed by atoms with Gasteiger partial charge in [0.1, 0.15) is 0 Å². The summed E-state index contributed by atoms with van der Waals surface area (Å²) >= 11 is 0. The number of fused-ring (bicyclic) bond motifs is 1. The maximum absolute atomic E-state index is 11.9. The van der Waals surface area contributed by atoms with Gasteiger partial charge in [0, 0.05) is 29.1 Å². The van der Waals surface area contributed by atoms with Crippen molar-refractivity contribution in [3.05, 3.63) is 71.9 Å². The number of nitrogens with one attached hydrogen (secondary N) is 1. The molecule has 27 heavy (non-hydrogen) atoms. The van der Waals surface area contributed by atoms with E-state index < -0.39 is 5.97 Å². The Bertz CT molecular complexity index is 965. The molecule has 138 valence electrons. The molecule has 2 aromatic carbocycles. The molecule has 0 radical (unpaired) electrons. The molecule has 0 spiro atoms. The van der Waals surface area contributed by atoms with Crippen molar-refractivity contribution in [2.45, 2.75) is 26.3 Å². The van der Waals surface area contributed by atoms with E-state index in [1.807, 2.05) is 66.7 Å². The summed E-state index contributed by atoms with van der Waals surface area (Å²) in [5.41, 5.74) is 2.32. The smallest absolute Gasteiger partial charge is 0.355 e. The van der Waals surface area contributed by atoms with Crippen LogP contribution in [0.1, 0.15) is 36.3 Å². The van der Waals surface area contributed by atoms with Crippen LogP contribution in [-0.4, -0.2) is 28.6 Å². The van der Waals surface area contributed by atoms with Crippen LogP contribution in [0.4, 0.5) is 0 Å². The molecule has 3 rings (SSSR count). The molecule has 0 saturated carbocycles. The van der Waals surface area contributed by atoms with Crippen molar-refractivity contribution in [2.24, 2.45) is 0 Å². The van der Waals surface area contributed by atoms with Gasteiger partial charge in [-0.1, -0.05) is 73.7 Å². The first-order chi connectivity index (χ1) is 13.1. The van der Waals surface area contributed by atoms with E-state index in [-0.39, 0.29) is 5.69 Å². The second kappa shape index (κ2) is 8.60. The highest BCUT2D eigenvalue weighted by molar-refractivity contribution is 6.05. The summed E-state index contributed by atoms with van der Waals surface area (Å²) in [5, 5.41) is 15.0. The minimum atomic E-state index is -1.02. The number of nitrogens with zero attached hydrogens (tertiary/aromatic N) is 1. The molecule has 0 amide bonds. The van der Waals surface area contributed by atoms with Crippen LogP contribution < -0.4 is 5.32 Å². The van der Waals surface area contributed by atoms with E-state index in [0.717, 1.165) is 22.8 Å². The molecule has 0 aliphatic heterocycles. The Hall–Kier alpha value is -2.98. The van der Waals surface area contributed by atoms with Gasteiger partial charge in [-0.3, -0.25) is 0 Å². The summed E-state index contributed by atoms with van der Waals surface area (Å²) < 4.78 is 0. The number of aromatic nitrogens is 1. The summed E-state index contributed by atoms with van der Waals surface area (Å²) in [6, 6.07) is 17.9. The van der Waals surface area contributed by atoms with Gasteiger partial charge in [0.2, 0.25) is 0 Å². The van der Waals surface area contributed by atoms with Crippen LogP contribution in [0, 0.1) is 0 Å².